The number of imide groups is 1. The van der Waals surface area contributed by atoms with Gasteiger partial charge >= 0.3 is 5.97 Å². The van der Waals surface area contributed by atoms with Crippen molar-refractivity contribution in [3.8, 4) is 0 Å². The summed E-state index contributed by atoms with van der Waals surface area (Å²) >= 11 is 7.43. The molecule has 0 fully saturated rings. The van der Waals surface area contributed by atoms with Gasteiger partial charge in [0, 0.05) is 17.5 Å². The number of hydrogen-bond donors (Lipinski definition) is 4. The quantitative estimate of drug-likeness (QED) is 0.203. The second kappa shape index (κ2) is 10.7. The lowest BCUT2D eigenvalue weighted by Crippen LogP contribution is -2.52. The average molecular weight is 526 g/mol. The maximum atomic E-state index is 13.2. The van der Waals surface area contributed by atoms with Crippen LogP contribution in [0.3, 0.4) is 0 Å². The highest BCUT2D eigenvalue weighted by molar-refractivity contribution is 7.12. The molecule has 1 atom stereocenters. The SMILES string of the molecule is C[C@H](NN(C(=O)c1cccs1)C(=O)c1ccc(C(=O)NCc2cccc3[nH]ncc23)cc1Cl)C(=O)O. The summed E-state index contributed by atoms with van der Waals surface area (Å²) < 4.78 is 0. The summed E-state index contributed by atoms with van der Waals surface area (Å²) in [6.45, 7) is 1.54. The Bertz CT molecular complexity index is 1450. The zero-order valence-electron chi connectivity index (χ0n) is 18.8. The van der Waals surface area contributed by atoms with Gasteiger partial charge in [-0.05, 0) is 48.2 Å². The van der Waals surface area contributed by atoms with Crippen molar-refractivity contribution in [2.45, 2.75) is 19.5 Å². The van der Waals surface area contributed by atoms with Crippen LogP contribution >= 0.6 is 22.9 Å². The number of aromatic amines is 1. The molecule has 2 aromatic heterocycles. The van der Waals surface area contributed by atoms with E-state index in [1.165, 1.54) is 31.2 Å². The van der Waals surface area contributed by atoms with Gasteiger partial charge in [0.2, 0.25) is 0 Å². The van der Waals surface area contributed by atoms with E-state index >= 15 is 0 Å². The van der Waals surface area contributed by atoms with Crippen molar-refractivity contribution in [2.75, 3.05) is 0 Å². The monoisotopic (exact) mass is 525 g/mol. The van der Waals surface area contributed by atoms with Gasteiger partial charge in [0.15, 0.2) is 0 Å². The molecule has 3 amide bonds. The van der Waals surface area contributed by atoms with Crippen LogP contribution in [0.1, 0.15) is 42.9 Å². The molecular formula is C24H20ClN5O5S. The van der Waals surface area contributed by atoms with Crippen molar-refractivity contribution in [1.82, 2.24) is 25.9 Å². The molecule has 4 aromatic rings. The third kappa shape index (κ3) is 5.28. The second-order valence-corrected chi connectivity index (χ2v) is 9.09. The van der Waals surface area contributed by atoms with Gasteiger partial charge in [0.25, 0.3) is 17.7 Å². The molecule has 2 aromatic carbocycles. The molecule has 0 unspecified atom stereocenters. The van der Waals surface area contributed by atoms with Gasteiger partial charge in [-0.15, -0.1) is 11.3 Å². The predicted molar refractivity (Wildman–Crippen MR) is 134 cm³/mol. The van der Waals surface area contributed by atoms with E-state index in [9.17, 15) is 24.3 Å². The summed E-state index contributed by atoms with van der Waals surface area (Å²) in [5.41, 5.74) is 4.26. The fourth-order valence-corrected chi connectivity index (χ4v) is 4.29. The molecule has 10 nitrogen and oxygen atoms in total. The van der Waals surface area contributed by atoms with Gasteiger partial charge in [-0.2, -0.15) is 5.10 Å². The first kappa shape index (κ1) is 25.0. The standard InChI is InChI=1S/C24H20ClN5O5S/c1-13(24(34)35)29-30(23(33)20-6-3-9-36-20)22(32)16-8-7-14(10-18(16)25)21(31)26-11-15-4-2-5-19-17(15)12-27-28-19/h2-10,12-13,29H,11H2,1H3,(H,26,31)(H,27,28)(H,34,35)/t13-/m0/s1. The third-order valence-electron chi connectivity index (χ3n) is 5.31. The number of thiophene rings is 1. The number of carboxylic acid groups (broad SMARTS) is 1. The highest BCUT2D eigenvalue weighted by atomic mass is 35.5. The van der Waals surface area contributed by atoms with E-state index in [1.54, 1.807) is 17.6 Å². The van der Waals surface area contributed by atoms with Crippen molar-refractivity contribution in [3.63, 3.8) is 0 Å². The topological polar surface area (TPSA) is 144 Å². The van der Waals surface area contributed by atoms with E-state index in [-0.39, 0.29) is 27.6 Å². The Morgan fingerprint density at radius 3 is 2.64 bits per heavy atom. The van der Waals surface area contributed by atoms with Crippen molar-refractivity contribution >= 4 is 57.5 Å². The van der Waals surface area contributed by atoms with Crippen LogP contribution in [0.4, 0.5) is 0 Å². The lowest BCUT2D eigenvalue weighted by molar-refractivity contribution is -0.139. The fraction of sp³-hybridized carbons (Fsp3) is 0.125. The summed E-state index contributed by atoms with van der Waals surface area (Å²) in [5.74, 6) is -3.25. The van der Waals surface area contributed by atoms with Gasteiger partial charge in [-0.1, -0.05) is 29.8 Å². The summed E-state index contributed by atoms with van der Waals surface area (Å²) in [5, 5.41) is 22.0. The van der Waals surface area contributed by atoms with Crippen LogP contribution in [-0.4, -0.2) is 50.0 Å². The number of hydrazine groups is 1. The smallest absolute Gasteiger partial charge is 0.322 e. The maximum absolute atomic E-state index is 13.2. The number of amides is 3. The highest BCUT2D eigenvalue weighted by Crippen LogP contribution is 2.22. The molecule has 0 saturated carbocycles. The van der Waals surface area contributed by atoms with E-state index in [1.807, 2.05) is 18.2 Å². The first-order valence-electron chi connectivity index (χ1n) is 10.7. The number of fused-ring (bicyclic) bond motifs is 1. The summed E-state index contributed by atoms with van der Waals surface area (Å²) in [7, 11) is 0. The second-order valence-electron chi connectivity index (χ2n) is 7.74. The number of carbonyl (C=O) groups is 4. The van der Waals surface area contributed by atoms with Crippen molar-refractivity contribution in [2.24, 2.45) is 0 Å². The first-order valence-corrected chi connectivity index (χ1v) is 11.9. The molecule has 2 heterocycles. The molecular weight excluding hydrogens is 506 g/mol. The maximum Gasteiger partial charge on any atom is 0.322 e. The highest BCUT2D eigenvalue weighted by Gasteiger charge is 2.30. The minimum Gasteiger partial charge on any atom is -0.480 e. The van der Waals surface area contributed by atoms with Crippen LogP contribution in [0.2, 0.25) is 5.02 Å². The number of nitrogens with zero attached hydrogens (tertiary/aromatic N) is 2. The Hall–Kier alpha value is -4.06. The molecule has 0 aliphatic carbocycles. The summed E-state index contributed by atoms with van der Waals surface area (Å²) in [6.07, 6.45) is 1.68. The van der Waals surface area contributed by atoms with Gasteiger partial charge in [0.05, 0.1) is 27.2 Å². The molecule has 0 aliphatic heterocycles. The molecule has 4 N–H and O–H groups in total. The van der Waals surface area contributed by atoms with E-state index in [2.05, 4.69) is 20.9 Å². The van der Waals surface area contributed by atoms with Crippen LogP contribution in [0.5, 0.6) is 0 Å². The van der Waals surface area contributed by atoms with Crippen molar-refractivity contribution in [3.05, 3.63) is 86.7 Å². The minimum atomic E-state index is -1.25. The molecule has 12 heteroatoms. The zero-order chi connectivity index (χ0) is 25.8. The van der Waals surface area contributed by atoms with Crippen LogP contribution in [0, 0.1) is 0 Å². The number of nitrogens with one attached hydrogen (secondary N) is 3. The number of H-pyrrole nitrogens is 1. The third-order valence-corrected chi connectivity index (χ3v) is 6.48. The Balaban J connectivity index is 1.52. The van der Waals surface area contributed by atoms with Crippen LogP contribution < -0.4 is 10.7 Å². The summed E-state index contributed by atoms with van der Waals surface area (Å²) in [6, 6.07) is 11.5. The Morgan fingerprint density at radius 2 is 1.94 bits per heavy atom. The normalized spacial score (nSPS) is 11.7. The van der Waals surface area contributed by atoms with Gasteiger partial charge in [-0.25, -0.2) is 10.4 Å². The number of aromatic nitrogens is 2. The average Bonchev–Trinajstić information content (AvgIpc) is 3.57. The van der Waals surface area contributed by atoms with E-state index < -0.39 is 29.7 Å². The Labute approximate surface area is 213 Å². The molecule has 0 bridgehead atoms. The van der Waals surface area contributed by atoms with Crippen LogP contribution in [0.15, 0.2) is 60.1 Å². The van der Waals surface area contributed by atoms with Crippen molar-refractivity contribution in [1.29, 1.82) is 0 Å². The van der Waals surface area contributed by atoms with Gasteiger partial charge < -0.3 is 10.4 Å². The lowest BCUT2D eigenvalue weighted by atomic mass is 10.1. The molecule has 4 rings (SSSR count). The van der Waals surface area contributed by atoms with E-state index in [4.69, 9.17) is 11.6 Å². The minimum absolute atomic E-state index is 0.0710. The number of carbonyl (C=O) groups excluding carboxylic acids is 3. The molecule has 0 saturated heterocycles. The van der Waals surface area contributed by atoms with Gasteiger partial charge in [-0.3, -0.25) is 24.3 Å². The number of hydrogen-bond acceptors (Lipinski definition) is 7. The first-order chi connectivity index (χ1) is 17.3. The Kier molecular flexibility index (Phi) is 7.44. The predicted octanol–water partition coefficient (Wildman–Crippen LogP) is 3.47. The van der Waals surface area contributed by atoms with E-state index in [0.717, 1.165) is 27.8 Å². The number of aliphatic carboxylic acids is 1. The van der Waals surface area contributed by atoms with Gasteiger partial charge in [0.1, 0.15) is 6.04 Å². The number of carboxylic acids is 1. The lowest BCUT2D eigenvalue weighted by Gasteiger charge is -2.24. The molecule has 0 radical (unpaired) electrons. The molecule has 0 spiro atoms. The zero-order valence-corrected chi connectivity index (χ0v) is 20.4. The largest absolute Gasteiger partial charge is 0.480 e. The van der Waals surface area contributed by atoms with Crippen LogP contribution in [0.25, 0.3) is 10.9 Å². The molecule has 184 valence electrons. The number of benzene rings is 2. The van der Waals surface area contributed by atoms with Crippen molar-refractivity contribution < 1.29 is 24.3 Å². The number of rotatable bonds is 8. The molecule has 0 aliphatic rings. The molecule has 36 heavy (non-hydrogen) atoms. The van der Waals surface area contributed by atoms with E-state index in [0.29, 0.717) is 5.01 Å². The Morgan fingerprint density at radius 1 is 1.14 bits per heavy atom. The number of halogens is 1. The van der Waals surface area contributed by atoms with Crippen LogP contribution in [-0.2, 0) is 11.3 Å². The summed E-state index contributed by atoms with van der Waals surface area (Å²) in [4.78, 5) is 50.4. The fourth-order valence-electron chi connectivity index (χ4n) is 3.38.